The Labute approximate surface area is 139 Å². The van der Waals surface area contributed by atoms with Gasteiger partial charge in [0.05, 0.1) is 11.7 Å². The van der Waals surface area contributed by atoms with Crippen LogP contribution in [0.15, 0.2) is 31.0 Å². The highest BCUT2D eigenvalue weighted by atomic mass is 16.1. The summed E-state index contributed by atoms with van der Waals surface area (Å²) in [6.07, 6.45) is 4.54. The maximum atomic E-state index is 12.6. The summed E-state index contributed by atoms with van der Waals surface area (Å²) < 4.78 is 3.33. The molecule has 1 N–H and O–H groups in total. The first-order chi connectivity index (χ1) is 11.5. The third-order valence-corrected chi connectivity index (χ3v) is 4.01. The fourth-order valence-corrected chi connectivity index (χ4v) is 2.78. The molecule has 124 valence electrons. The summed E-state index contributed by atoms with van der Waals surface area (Å²) in [5.74, 6) is 0.371. The normalized spacial score (nSPS) is 12.2. The molecule has 0 radical (unpaired) electrons. The van der Waals surface area contributed by atoms with Crippen molar-refractivity contribution in [1.29, 1.82) is 0 Å². The third kappa shape index (κ3) is 2.90. The van der Waals surface area contributed by atoms with Gasteiger partial charge in [0.2, 0.25) is 0 Å². The zero-order valence-electron chi connectivity index (χ0n) is 14.1. The molecule has 3 aromatic rings. The Morgan fingerprint density at radius 3 is 2.75 bits per heavy atom. The predicted molar refractivity (Wildman–Crippen MR) is 87.7 cm³/mol. The van der Waals surface area contributed by atoms with Crippen LogP contribution in [0.25, 0.3) is 5.82 Å². The van der Waals surface area contributed by atoms with Gasteiger partial charge in [0.15, 0.2) is 5.82 Å². The van der Waals surface area contributed by atoms with Gasteiger partial charge in [0.1, 0.15) is 12.7 Å². The van der Waals surface area contributed by atoms with Crippen LogP contribution in [0.5, 0.6) is 0 Å². The van der Waals surface area contributed by atoms with Crippen molar-refractivity contribution in [2.75, 3.05) is 0 Å². The maximum Gasteiger partial charge on any atom is 0.251 e. The minimum absolute atomic E-state index is 0.144. The Bertz CT molecular complexity index is 867. The van der Waals surface area contributed by atoms with Crippen LogP contribution in [0, 0.1) is 13.8 Å². The molecule has 3 rings (SSSR count). The van der Waals surface area contributed by atoms with Crippen molar-refractivity contribution in [1.82, 2.24) is 34.8 Å². The summed E-state index contributed by atoms with van der Waals surface area (Å²) in [5, 5.41) is 11.4. The standard InChI is InChI=1S/C16H19N7O/c1-10(15-11(2)21-22(4)12(15)3)20-16(24)13-5-6-18-14(7-13)23-9-17-8-19-23/h5-10H,1-4H3,(H,20,24)/t10-/m0/s1. The lowest BCUT2D eigenvalue weighted by Crippen LogP contribution is -2.27. The molecule has 3 aromatic heterocycles. The van der Waals surface area contributed by atoms with Crippen molar-refractivity contribution < 1.29 is 4.79 Å². The second-order valence-electron chi connectivity index (χ2n) is 5.65. The van der Waals surface area contributed by atoms with E-state index in [4.69, 9.17) is 0 Å². The number of nitrogens with one attached hydrogen (secondary N) is 1. The number of hydrogen-bond donors (Lipinski definition) is 1. The van der Waals surface area contributed by atoms with Crippen molar-refractivity contribution in [3.63, 3.8) is 0 Å². The number of pyridine rings is 1. The van der Waals surface area contributed by atoms with Gasteiger partial charge in [-0.1, -0.05) is 0 Å². The van der Waals surface area contributed by atoms with E-state index in [9.17, 15) is 4.79 Å². The summed E-state index contributed by atoms with van der Waals surface area (Å²) in [7, 11) is 1.90. The molecular formula is C16H19N7O. The smallest absolute Gasteiger partial charge is 0.251 e. The molecular weight excluding hydrogens is 306 g/mol. The average molecular weight is 325 g/mol. The molecule has 0 unspecified atom stereocenters. The monoisotopic (exact) mass is 325 g/mol. The van der Waals surface area contributed by atoms with E-state index in [1.165, 1.54) is 17.3 Å². The quantitative estimate of drug-likeness (QED) is 0.785. The van der Waals surface area contributed by atoms with Crippen LogP contribution >= 0.6 is 0 Å². The lowest BCUT2D eigenvalue weighted by atomic mass is 10.1. The average Bonchev–Trinajstić information content (AvgIpc) is 3.16. The van der Waals surface area contributed by atoms with E-state index in [1.807, 2.05) is 32.5 Å². The van der Waals surface area contributed by atoms with Crippen LogP contribution < -0.4 is 5.32 Å². The van der Waals surface area contributed by atoms with Gasteiger partial charge in [-0.3, -0.25) is 9.48 Å². The molecule has 1 amide bonds. The number of aromatic nitrogens is 6. The van der Waals surface area contributed by atoms with E-state index >= 15 is 0 Å². The minimum atomic E-state index is -0.172. The van der Waals surface area contributed by atoms with Gasteiger partial charge in [0.25, 0.3) is 5.91 Å². The zero-order chi connectivity index (χ0) is 17.3. The lowest BCUT2D eigenvalue weighted by Gasteiger charge is -2.15. The summed E-state index contributed by atoms with van der Waals surface area (Å²) in [6.45, 7) is 5.89. The molecule has 0 spiro atoms. The highest BCUT2D eigenvalue weighted by Gasteiger charge is 2.19. The number of aryl methyl sites for hydroxylation is 2. The molecule has 8 nitrogen and oxygen atoms in total. The first-order valence-electron chi connectivity index (χ1n) is 7.59. The Morgan fingerprint density at radius 1 is 1.33 bits per heavy atom. The van der Waals surface area contributed by atoms with Gasteiger partial charge in [-0.25, -0.2) is 14.6 Å². The van der Waals surface area contributed by atoms with E-state index in [0.29, 0.717) is 11.4 Å². The van der Waals surface area contributed by atoms with Gasteiger partial charge in [-0.2, -0.15) is 10.2 Å². The van der Waals surface area contributed by atoms with Crippen LogP contribution in [0.1, 0.15) is 40.3 Å². The Balaban J connectivity index is 1.81. The molecule has 0 saturated heterocycles. The van der Waals surface area contributed by atoms with Crippen LogP contribution in [-0.4, -0.2) is 35.4 Å². The highest BCUT2D eigenvalue weighted by Crippen LogP contribution is 2.21. The Morgan fingerprint density at radius 2 is 2.12 bits per heavy atom. The summed E-state index contributed by atoms with van der Waals surface area (Å²) in [6, 6.07) is 3.21. The van der Waals surface area contributed by atoms with Crippen LogP contribution in [0.2, 0.25) is 0 Å². The molecule has 0 bridgehead atoms. The fourth-order valence-electron chi connectivity index (χ4n) is 2.78. The van der Waals surface area contributed by atoms with E-state index < -0.39 is 0 Å². The molecule has 0 aliphatic heterocycles. The molecule has 8 heteroatoms. The summed E-state index contributed by atoms with van der Waals surface area (Å²) in [5.41, 5.74) is 3.51. The second kappa shape index (κ2) is 6.23. The van der Waals surface area contributed by atoms with E-state index in [0.717, 1.165) is 17.0 Å². The molecule has 1 atom stereocenters. The Hall–Kier alpha value is -3.03. The van der Waals surface area contributed by atoms with Crippen LogP contribution in [-0.2, 0) is 7.05 Å². The topological polar surface area (TPSA) is 90.5 Å². The third-order valence-electron chi connectivity index (χ3n) is 4.01. The molecule has 0 aliphatic rings. The van der Waals surface area contributed by atoms with E-state index in [-0.39, 0.29) is 11.9 Å². The van der Waals surface area contributed by atoms with Crippen molar-refractivity contribution in [3.05, 3.63) is 53.5 Å². The van der Waals surface area contributed by atoms with Crippen molar-refractivity contribution in [2.24, 2.45) is 7.05 Å². The number of nitrogens with zero attached hydrogens (tertiary/aromatic N) is 6. The van der Waals surface area contributed by atoms with Crippen molar-refractivity contribution >= 4 is 5.91 Å². The Kier molecular flexibility index (Phi) is 4.11. The van der Waals surface area contributed by atoms with Gasteiger partial charge >= 0.3 is 0 Å². The number of rotatable bonds is 4. The van der Waals surface area contributed by atoms with Crippen molar-refractivity contribution in [3.8, 4) is 5.82 Å². The van der Waals surface area contributed by atoms with Gasteiger partial charge in [-0.05, 0) is 32.9 Å². The molecule has 3 heterocycles. The first kappa shape index (κ1) is 15.9. The molecule has 0 saturated carbocycles. The van der Waals surface area contributed by atoms with Gasteiger partial charge < -0.3 is 5.32 Å². The molecule has 0 aromatic carbocycles. The molecule has 0 aliphatic carbocycles. The van der Waals surface area contributed by atoms with Gasteiger partial charge in [-0.15, -0.1) is 0 Å². The predicted octanol–water partition coefficient (Wildman–Crippen LogP) is 1.50. The van der Waals surface area contributed by atoms with Gasteiger partial charge in [0, 0.05) is 30.1 Å². The number of carbonyl (C=O) groups excluding carboxylic acids is 1. The minimum Gasteiger partial charge on any atom is -0.345 e. The van der Waals surface area contributed by atoms with Crippen molar-refractivity contribution in [2.45, 2.75) is 26.8 Å². The fraction of sp³-hybridized carbons (Fsp3) is 0.312. The molecule has 0 fully saturated rings. The lowest BCUT2D eigenvalue weighted by molar-refractivity contribution is 0.0939. The van der Waals surface area contributed by atoms with Crippen LogP contribution in [0.4, 0.5) is 0 Å². The summed E-state index contributed by atoms with van der Waals surface area (Å²) >= 11 is 0. The molecule has 24 heavy (non-hydrogen) atoms. The maximum absolute atomic E-state index is 12.6. The largest absolute Gasteiger partial charge is 0.345 e. The number of carbonyl (C=O) groups is 1. The number of amides is 1. The second-order valence-corrected chi connectivity index (χ2v) is 5.65. The SMILES string of the molecule is Cc1nn(C)c(C)c1[C@H](C)NC(=O)c1ccnc(-n2cncn2)c1. The van der Waals surface area contributed by atoms with E-state index in [2.05, 4.69) is 25.5 Å². The highest BCUT2D eigenvalue weighted by molar-refractivity contribution is 5.94. The first-order valence-corrected chi connectivity index (χ1v) is 7.59. The van der Waals surface area contributed by atoms with E-state index in [1.54, 1.807) is 18.3 Å². The zero-order valence-corrected chi connectivity index (χ0v) is 14.1. The summed E-state index contributed by atoms with van der Waals surface area (Å²) in [4.78, 5) is 20.7. The van der Waals surface area contributed by atoms with Crippen LogP contribution in [0.3, 0.4) is 0 Å². The number of hydrogen-bond acceptors (Lipinski definition) is 5.